The van der Waals surface area contributed by atoms with E-state index in [2.05, 4.69) is 36.1 Å². The van der Waals surface area contributed by atoms with Gasteiger partial charge in [0.2, 0.25) is 0 Å². The van der Waals surface area contributed by atoms with E-state index >= 15 is 0 Å². The topological polar surface area (TPSA) is 3.24 Å². The summed E-state index contributed by atoms with van der Waals surface area (Å²) in [6.07, 6.45) is 1.05. The lowest BCUT2D eigenvalue weighted by Crippen LogP contribution is -2.23. The fourth-order valence-corrected chi connectivity index (χ4v) is 1.48. The molecule has 1 nitrogen and oxygen atoms in total. The van der Waals surface area contributed by atoms with E-state index in [0.717, 1.165) is 25.4 Å². The molecule has 72 valence electrons. The molecule has 0 heterocycles. The lowest BCUT2D eigenvalue weighted by Gasteiger charge is -2.22. The Morgan fingerprint density at radius 1 is 1.23 bits per heavy atom. The van der Waals surface area contributed by atoms with Gasteiger partial charge in [-0.05, 0) is 25.5 Å². The van der Waals surface area contributed by atoms with Gasteiger partial charge in [0.05, 0.1) is 0 Å². The van der Waals surface area contributed by atoms with E-state index in [0.29, 0.717) is 0 Å². The molecular weight excluding hydrogens is 182 g/mol. The third-order valence-corrected chi connectivity index (χ3v) is 2.33. The second-order valence-corrected chi connectivity index (χ2v) is 3.34. The predicted octanol–water partition coefficient (Wildman–Crippen LogP) is 3.14. The number of para-hydroxylation sites is 1. The minimum Gasteiger partial charge on any atom is -0.372 e. The largest absolute Gasteiger partial charge is 0.372 e. The van der Waals surface area contributed by atoms with Crippen LogP contribution in [0.15, 0.2) is 30.3 Å². The van der Waals surface area contributed by atoms with Gasteiger partial charge in [-0.2, -0.15) is 0 Å². The lowest BCUT2D eigenvalue weighted by atomic mass is 10.3. The van der Waals surface area contributed by atoms with Crippen LogP contribution in [0, 0.1) is 0 Å². The van der Waals surface area contributed by atoms with E-state index in [4.69, 9.17) is 11.6 Å². The maximum absolute atomic E-state index is 5.66. The molecular formula is C11H16ClN. The predicted molar refractivity (Wildman–Crippen MR) is 59.7 cm³/mol. The van der Waals surface area contributed by atoms with Crippen molar-refractivity contribution in [1.29, 1.82) is 0 Å². The first kappa shape index (κ1) is 10.4. The smallest absolute Gasteiger partial charge is 0.0366 e. The summed E-state index contributed by atoms with van der Waals surface area (Å²) >= 11 is 5.66. The van der Waals surface area contributed by atoms with E-state index in [1.54, 1.807) is 0 Å². The van der Waals surface area contributed by atoms with Crippen LogP contribution in [0.3, 0.4) is 0 Å². The zero-order valence-electron chi connectivity index (χ0n) is 8.04. The Kier molecular flexibility index (Phi) is 4.69. The van der Waals surface area contributed by atoms with Crippen LogP contribution in [-0.4, -0.2) is 19.0 Å². The maximum atomic E-state index is 5.66. The summed E-state index contributed by atoms with van der Waals surface area (Å²) in [6, 6.07) is 10.5. The number of alkyl halides is 1. The minimum atomic E-state index is 0.739. The van der Waals surface area contributed by atoms with Gasteiger partial charge in [0.25, 0.3) is 0 Å². The average molecular weight is 198 g/mol. The zero-order valence-corrected chi connectivity index (χ0v) is 8.80. The molecule has 1 aromatic rings. The first-order chi connectivity index (χ1) is 6.38. The van der Waals surface area contributed by atoms with Crippen LogP contribution in [0.25, 0.3) is 0 Å². The molecule has 0 aromatic heterocycles. The summed E-state index contributed by atoms with van der Waals surface area (Å²) < 4.78 is 0. The van der Waals surface area contributed by atoms with Crippen molar-refractivity contribution in [3.8, 4) is 0 Å². The Labute approximate surface area is 85.3 Å². The van der Waals surface area contributed by atoms with Crippen LogP contribution in [0.5, 0.6) is 0 Å². The van der Waals surface area contributed by atoms with Crippen molar-refractivity contribution in [2.24, 2.45) is 0 Å². The molecule has 0 unspecified atom stereocenters. The Morgan fingerprint density at radius 3 is 2.46 bits per heavy atom. The van der Waals surface area contributed by atoms with Gasteiger partial charge in [0, 0.05) is 24.7 Å². The quantitative estimate of drug-likeness (QED) is 0.656. The highest BCUT2D eigenvalue weighted by molar-refractivity contribution is 6.17. The molecule has 2 heteroatoms. The van der Waals surface area contributed by atoms with Gasteiger partial charge in [0.15, 0.2) is 0 Å². The van der Waals surface area contributed by atoms with Crippen molar-refractivity contribution < 1.29 is 0 Å². The maximum Gasteiger partial charge on any atom is 0.0366 e. The number of hydrogen-bond acceptors (Lipinski definition) is 1. The highest BCUT2D eigenvalue weighted by Gasteiger charge is 2.01. The van der Waals surface area contributed by atoms with Crippen LogP contribution in [0.2, 0.25) is 0 Å². The first-order valence-corrected chi connectivity index (χ1v) is 5.28. The fourth-order valence-electron chi connectivity index (χ4n) is 1.36. The molecule has 0 spiro atoms. The number of nitrogens with zero attached hydrogens (tertiary/aromatic N) is 1. The van der Waals surface area contributed by atoms with Gasteiger partial charge in [-0.3, -0.25) is 0 Å². The van der Waals surface area contributed by atoms with E-state index in [9.17, 15) is 0 Å². The molecule has 0 saturated heterocycles. The molecule has 0 saturated carbocycles. The molecule has 0 bridgehead atoms. The van der Waals surface area contributed by atoms with E-state index in [1.165, 1.54) is 5.69 Å². The van der Waals surface area contributed by atoms with Crippen LogP contribution < -0.4 is 4.90 Å². The minimum absolute atomic E-state index is 0.739. The molecule has 0 N–H and O–H groups in total. The van der Waals surface area contributed by atoms with Gasteiger partial charge in [-0.15, -0.1) is 11.6 Å². The molecule has 0 aliphatic carbocycles. The van der Waals surface area contributed by atoms with Gasteiger partial charge in [0.1, 0.15) is 0 Å². The average Bonchev–Trinajstić information content (AvgIpc) is 2.21. The number of hydrogen-bond donors (Lipinski definition) is 0. The summed E-state index contributed by atoms with van der Waals surface area (Å²) in [7, 11) is 0. The van der Waals surface area contributed by atoms with Crippen LogP contribution >= 0.6 is 11.6 Å². The van der Waals surface area contributed by atoms with Gasteiger partial charge in [-0.1, -0.05) is 18.2 Å². The third kappa shape index (κ3) is 3.27. The molecule has 13 heavy (non-hydrogen) atoms. The number of halogens is 1. The Bertz CT molecular complexity index is 223. The van der Waals surface area contributed by atoms with Crippen molar-refractivity contribution >= 4 is 17.3 Å². The van der Waals surface area contributed by atoms with E-state index in [-0.39, 0.29) is 0 Å². The normalized spacial score (nSPS) is 10.0. The summed E-state index contributed by atoms with van der Waals surface area (Å²) in [4.78, 5) is 2.34. The third-order valence-electron chi connectivity index (χ3n) is 2.06. The summed E-state index contributed by atoms with van der Waals surface area (Å²) in [5.41, 5.74) is 1.29. The molecule has 0 amide bonds. The molecule has 0 radical (unpaired) electrons. The summed E-state index contributed by atoms with van der Waals surface area (Å²) in [5.74, 6) is 0.739. The van der Waals surface area contributed by atoms with Gasteiger partial charge >= 0.3 is 0 Å². The first-order valence-electron chi connectivity index (χ1n) is 4.74. The van der Waals surface area contributed by atoms with Crippen molar-refractivity contribution in [1.82, 2.24) is 0 Å². The summed E-state index contributed by atoms with van der Waals surface area (Å²) in [5, 5.41) is 0. The standard InChI is InChI=1S/C11H16ClN/c1-2-13(10-6-9-12)11-7-4-3-5-8-11/h3-5,7-8H,2,6,9-10H2,1H3. The number of benzene rings is 1. The molecule has 0 atom stereocenters. The van der Waals surface area contributed by atoms with Gasteiger partial charge in [-0.25, -0.2) is 0 Å². The highest BCUT2D eigenvalue weighted by Crippen LogP contribution is 2.12. The lowest BCUT2D eigenvalue weighted by molar-refractivity contribution is 0.795. The molecule has 1 rings (SSSR count). The zero-order chi connectivity index (χ0) is 9.52. The van der Waals surface area contributed by atoms with E-state index < -0.39 is 0 Å². The molecule has 1 aromatic carbocycles. The second-order valence-electron chi connectivity index (χ2n) is 2.96. The van der Waals surface area contributed by atoms with Crippen molar-refractivity contribution in [3.63, 3.8) is 0 Å². The van der Waals surface area contributed by atoms with Crippen molar-refractivity contribution in [3.05, 3.63) is 30.3 Å². The highest BCUT2D eigenvalue weighted by atomic mass is 35.5. The van der Waals surface area contributed by atoms with E-state index in [1.807, 2.05) is 6.07 Å². The van der Waals surface area contributed by atoms with Crippen molar-refractivity contribution in [2.45, 2.75) is 13.3 Å². The van der Waals surface area contributed by atoms with Crippen LogP contribution in [-0.2, 0) is 0 Å². The number of anilines is 1. The van der Waals surface area contributed by atoms with Gasteiger partial charge < -0.3 is 4.90 Å². The summed E-state index contributed by atoms with van der Waals surface area (Å²) in [6.45, 7) is 4.26. The molecule has 0 fully saturated rings. The molecule has 0 aliphatic heterocycles. The van der Waals surface area contributed by atoms with Crippen molar-refractivity contribution in [2.75, 3.05) is 23.9 Å². The monoisotopic (exact) mass is 197 g/mol. The van der Waals surface area contributed by atoms with Crippen LogP contribution in [0.4, 0.5) is 5.69 Å². The fraction of sp³-hybridized carbons (Fsp3) is 0.455. The molecule has 0 aliphatic rings. The number of rotatable bonds is 5. The Balaban J connectivity index is 2.56. The van der Waals surface area contributed by atoms with Crippen LogP contribution in [0.1, 0.15) is 13.3 Å². The second kappa shape index (κ2) is 5.87. The Morgan fingerprint density at radius 2 is 1.92 bits per heavy atom. The Hall–Kier alpha value is -0.690. The SMILES string of the molecule is CCN(CCCCl)c1ccccc1.